The van der Waals surface area contributed by atoms with Gasteiger partial charge in [-0.1, -0.05) is 30.3 Å². The first-order valence-corrected chi connectivity index (χ1v) is 10.4. The Morgan fingerprint density at radius 1 is 1.13 bits per heavy atom. The molecular weight excluding hydrogens is 402 g/mol. The maximum atomic E-state index is 12.4. The first-order valence-electron chi connectivity index (χ1n) is 10.4. The number of alkyl carbamates (subject to hydrolysis) is 1. The second-order valence-corrected chi connectivity index (χ2v) is 8.91. The number of esters is 1. The fourth-order valence-corrected chi connectivity index (χ4v) is 3.98. The molecule has 31 heavy (non-hydrogen) atoms. The number of carbonyl (C=O) groups excluding carboxylic acids is 3. The lowest BCUT2D eigenvalue weighted by Crippen LogP contribution is -2.55. The average Bonchev–Trinajstić information content (AvgIpc) is 3.31. The quantitative estimate of drug-likeness (QED) is 0.542. The zero-order chi connectivity index (χ0) is 22.6. The van der Waals surface area contributed by atoms with Crippen LogP contribution in [0.1, 0.15) is 32.8 Å². The summed E-state index contributed by atoms with van der Waals surface area (Å²) in [5.74, 6) is -0.538. The van der Waals surface area contributed by atoms with E-state index in [-0.39, 0.29) is 31.3 Å². The summed E-state index contributed by atoms with van der Waals surface area (Å²) in [6, 6.07) is 8.57. The van der Waals surface area contributed by atoms with Crippen molar-refractivity contribution >= 4 is 18.2 Å². The van der Waals surface area contributed by atoms with Crippen molar-refractivity contribution in [3.05, 3.63) is 35.9 Å². The summed E-state index contributed by atoms with van der Waals surface area (Å²) in [6.07, 6.45) is -0.184. The third-order valence-electron chi connectivity index (χ3n) is 5.39. The predicted octanol–water partition coefficient (Wildman–Crippen LogP) is 2.15. The molecule has 1 aromatic carbocycles. The van der Waals surface area contributed by atoms with Crippen molar-refractivity contribution in [3.8, 4) is 0 Å². The van der Waals surface area contributed by atoms with Crippen LogP contribution in [0.3, 0.4) is 0 Å². The summed E-state index contributed by atoms with van der Waals surface area (Å²) in [5, 5.41) is 2.61. The monoisotopic (exact) mass is 433 g/mol. The van der Waals surface area contributed by atoms with Crippen molar-refractivity contribution < 1.29 is 28.6 Å². The van der Waals surface area contributed by atoms with E-state index in [0.717, 1.165) is 12.0 Å². The molecule has 9 heteroatoms. The molecule has 2 bridgehead atoms. The number of likely N-dealkylation sites (tertiary alicyclic amines) is 2. The molecule has 2 aliphatic rings. The summed E-state index contributed by atoms with van der Waals surface area (Å²) < 4.78 is 15.6. The van der Waals surface area contributed by atoms with Gasteiger partial charge in [0.05, 0.1) is 7.11 Å². The largest absolute Gasteiger partial charge is 0.467 e. The van der Waals surface area contributed by atoms with Gasteiger partial charge in [-0.15, -0.1) is 0 Å². The Kier molecular flexibility index (Phi) is 7.04. The Hall–Kier alpha value is -2.81. The number of methoxy groups -OCH3 is 1. The Balaban J connectivity index is 1.52. The van der Waals surface area contributed by atoms with E-state index in [1.807, 2.05) is 51.1 Å². The highest BCUT2D eigenvalue weighted by atomic mass is 16.6. The molecule has 2 amide bonds. The molecule has 0 saturated carbocycles. The fourth-order valence-electron chi connectivity index (χ4n) is 3.98. The van der Waals surface area contributed by atoms with Gasteiger partial charge in [-0.2, -0.15) is 0 Å². The Morgan fingerprint density at radius 2 is 1.84 bits per heavy atom. The Labute approximate surface area is 182 Å². The number of hydrogen-bond acceptors (Lipinski definition) is 7. The normalized spacial score (nSPS) is 21.5. The van der Waals surface area contributed by atoms with E-state index in [4.69, 9.17) is 14.2 Å². The van der Waals surface area contributed by atoms with Gasteiger partial charge in [0.2, 0.25) is 0 Å². The van der Waals surface area contributed by atoms with E-state index in [0.29, 0.717) is 13.1 Å². The Morgan fingerprint density at radius 3 is 2.42 bits per heavy atom. The molecule has 2 heterocycles. The van der Waals surface area contributed by atoms with Gasteiger partial charge in [0.1, 0.15) is 18.2 Å². The predicted molar refractivity (Wildman–Crippen MR) is 112 cm³/mol. The lowest BCUT2D eigenvalue weighted by atomic mass is 10.2. The van der Waals surface area contributed by atoms with Gasteiger partial charge in [-0.05, 0) is 32.8 Å². The molecule has 3 atom stereocenters. The number of nitrogens with zero attached hydrogens (tertiary/aromatic N) is 2. The van der Waals surface area contributed by atoms with E-state index < -0.39 is 23.7 Å². The minimum Gasteiger partial charge on any atom is -0.467 e. The highest BCUT2D eigenvalue weighted by Gasteiger charge is 2.47. The minimum absolute atomic E-state index is 0.0307. The van der Waals surface area contributed by atoms with Crippen molar-refractivity contribution in [1.82, 2.24) is 15.1 Å². The lowest BCUT2D eigenvalue weighted by molar-refractivity contribution is -0.143. The number of hydrogen-bond donors (Lipinski definition) is 1. The summed E-state index contributed by atoms with van der Waals surface area (Å²) in [6.45, 7) is 7.07. The van der Waals surface area contributed by atoms with Crippen molar-refractivity contribution in [2.75, 3.05) is 26.7 Å². The van der Waals surface area contributed by atoms with Gasteiger partial charge in [0.25, 0.3) is 0 Å². The minimum atomic E-state index is -0.859. The van der Waals surface area contributed by atoms with Crippen molar-refractivity contribution in [2.24, 2.45) is 0 Å². The smallest absolute Gasteiger partial charge is 0.410 e. The standard InChI is InChI=1S/C22H31N3O6/c1-22(2,3)31-21(28)25-12-16-10-17(25)11-24(16)13-18(19(26)29-4)23-20(27)30-14-15-8-6-5-7-9-15/h5-9,16-18H,10-14H2,1-4H3,(H,23,27)/t16-,17+,18-/m0/s1. The highest BCUT2D eigenvalue weighted by molar-refractivity contribution is 5.81. The van der Waals surface area contributed by atoms with Crippen LogP contribution in [-0.4, -0.2) is 78.4 Å². The fraction of sp³-hybridized carbons (Fsp3) is 0.591. The number of fused-ring (bicyclic) bond motifs is 2. The molecule has 0 radical (unpaired) electrons. The molecule has 0 aromatic heterocycles. The maximum absolute atomic E-state index is 12.4. The van der Waals surface area contributed by atoms with Crippen LogP contribution < -0.4 is 5.32 Å². The molecule has 170 valence electrons. The topological polar surface area (TPSA) is 97.4 Å². The van der Waals surface area contributed by atoms with Crippen molar-refractivity contribution in [3.63, 3.8) is 0 Å². The van der Waals surface area contributed by atoms with Gasteiger partial charge in [-0.25, -0.2) is 14.4 Å². The van der Waals surface area contributed by atoms with E-state index in [2.05, 4.69) is 10.2 Å². The molecule has 0 unspecified atom stereocenters. The lowest BCUT2D eigenvalue weighted by Gasteiger charge is -2.36. The SMILES string of the molecule is COC(=O)[C@H](CN1C[C@H]2C[C@H]1CN2C(=O)OC(C)(C)C)NC(=O)OCc1ccccc1. The number of ether oxygens (including phenoxy) is 3. The molecule has 3 rings (SSSR count). The molecule has 0 aliphatic carbocycles. The summed E-state index contributed by atoms with van der Waals surface area (Å²) in [4.78, 5) is 40.7. The van der Waals surface area contributed by atoms with Gasteiger partial charge in [0.15, 0.2) is 0 Å². The number of nitrogens with one attached hydrogen (secondary N) is 1. The molecule has 9 nitrogen and oxygen atoms in total. The maximum Gasteiger partial charge on any atom is 0.410 e. The summed E-state index contributed by atoms with van der Waals surface area (Å²) in [7, 11) is 1.28. The van der Waals surface area contributed by atoms with Crippen LogP contribution in [0.5, 0.6) is 0 Å². The molecule has 2 aliphatic heterocycles. The van der Waals surface area contributed by atoms with Crippen LogP contribution in [0.15, 0.2) is 30.3 Å². The van der Waals surface area contributed by atoms with Crippen molar-refractivity contribution in [1.29, 1.82) is 0 Å². The van der Waals surface area contributed by atoms with Gasteiger partial charge in [-0.3, -0.25) is 4.90 Å². The number of amides is 2. The molecule has 2 saturated heterocycles. The van der Waals surface area contributed by atoms with Crippen LogP contribution in [0, 0.1) is 0 Å². The summed E-state index contributed by atoms with van der Waals surface area (Å²) in [5.41, 5.74) is 0.310. The molecule has 1 aromatic rings. The second kappa shape index (κ2) is 9.55. The second-order valence-electron chi connectivity index (χ2n) is 8.91. The van der Waals surface area contributed by atoms with Crippen LogP contribution in [-0.2, 0) is 25.6 Å². The Bertz CT molecular complexity index is 794. The van der Waals surface area contributed by atoms with Gasteiger partial charge in [0, 0.05) is 31.7 Å². The van der Waals surface area contributed by atoms with Crippen LogP contribution >= 0.6 is 0 Å². The van der Waals surface area contributed by atoms with Crippen LogP contribution in [0.2, 0.25) is 0 Å². The van der Waals surface area contributed by atoms with E-state index >= 15 is 0 Å². The van der Waals surface area contributed by atoms with Crippen LogP contribution in [0.4, 0.5) is 9.59 Å². The van der Waals surface area contributed by atoms with E-state index in [9.17, 15) is 14.4 Å². The first-order chi connectivity index (χ1) is 14.7. The number of rotatable bonds is 6. The third kappa shape index (κ3) is 6.10. The first kappa shape index (κ1) is 22.9. The van der Waals surface area contributed by atoms with Crippen LogP contribution in [0.25, 0.3) is 0 Å². The van der Waals surface area contributed by atoms with Crippen molar-refractivity contribution in [2.45, 2.75) is 57.5 Å². The molecule has 1 N–H and O–H groups in total. The average molecular weight is 434 g/mol. The van der Waals surface area contributed by atoms with E-state index in [1.165, 1.54) is 7.11 Å². The molecular formula is C22H31N3O6. The summed E-state index contributed by atoms with van der Waals surface area (Å²) >= 11 is 0. The number of piperazine rings is 1. The third-order valence-corrected chi connectivity index (χ3v) is 5.39. The molecule has 2 fully saturated rings. The van der Waals surface area contributed by atoms with Gasteiger partial charge >= 0.3 is 18.2 Å². The van der Waals surface area contributed by atoms with Gasteiger partial charge < -0.3 is 24.4 Å². The number of benzene rings is 1. The van der Waals surface area contributed by atoms with E-state index in [1.54, 1.807) is 4.90 Å². The highest BCUT2D eigenvalue weighted by Crippen LogP contribution is 2.32. The number of carbonyl (C=O) groups is 3. The zero-order valence-electron chi connectivity index (χ0n) is 18.5. The molecule has 0 spiro atoms. The zero-order valence-corrected chi connectivity index (χ0v) is 18.5.